The maximum atomic E-state index is 13.4. The number of ether oxygens (including phenoxy) is 2. The molecule has 1 aliphatic heterocycles. The van der Waals surface area contributed by atoms with Crippen molar-refractivity contribution in [2.45, 2.75) is 20.0 Å². The lowest BCUT2D eigenvalue weighted by molar-refractivity contribution is -0.132. The maximum absolute atomic E-state index is 13.4. The summed E-state index contributed by atoms with van der Waals surface area (Å²) in [5.74, 6) is 1.24. The molecule has 2 aromatic rings. The average Bonchev–Trinajstić information content (AvgIpc) is 2.66. The molecule has 1 amide bonds. The number of fused-ring (bicyclic) bond motifs is 1. The third-order valence-corrected chi connectivity index (χ3v) is 4.46. The van der Waals surface area contributed by atoms with E-state index in [1.54, 1.807) is 11.0 Å². The molecule has 2 aromatic carbocycles. The predicted molar refractivity (Wildman–Crippen MR) is 101 cm³/mol. The zero-order valence-corrected chi connectivity index (χ0v) is 15.8. The number of halogens is 1. The van der Waals surface area contributed by atoms with Gasteiger partial charge in [-0.25, -0.2) is 4.39 Å². The summed E-state index contributed by atoms with van der Waals surface area (Å²) >= 11 is 0. The van der Waals surface area contributed by atoms with E-state index in [0.29, 0.717) is 32.8 Å². The van der Waals surface area contributed by atoms with Gasteiger partial charge in [-0.05, 0) is 49.4 Å². The lowest BCUT2D eigenvalue weighted by Gasteiger charge is -2.25. The van der Waals surface area contributed by atoms with Crippen molar-refractivity contribution in [1.82, 2.24) is 9.80 Å². The van der Waals surface area contributed by atoms with Gasteiger partial charge in [0.2, 0.25) is 5.91 Å². The summed E-state index contributed by atoms with van der Waals surface area (Å²) < 4.78 is 24.5. The van der Waals surface area contributed by atoms with Crippen molar-refractivity contribution in [3.05, 3.63) is 59.4 Å². The molecule has 0 bridgehead atoms. The molecule has 3 rings (SSSR count). The van der Waals surface area contributed by atoms with Crippen molar-refractivity contribution in [3.63, 3.8) is 0 Å². The molecule has 5 nitrogen and oxygen atoms in total. The first-order valence-corrected chi connectivity index (χ1v) is 9.14. The van der Waals surface area contributed by atoms with Crippen molar-refractivity contribution in [2.75, 3.05) is 33.4 Å². The molecule has 6 heteroatoms. The van der Waals surface area contributed by atoms with Crippen molar-refractivity contribution in [3.8, 4) is 11.5 Å². The van der Waals surface area contributed by atoms with Crippen LogP contribution in [-0.4, -0.2) is 49.1 Å². The van der Waals surface area contributed by atoms with E-state index in [2.05, 4.69) is 0 Å². The Morgan fingerprint density at radius 3 is 2.52 bits per heavy atom. The second kappa shape index (κ2) is 8.86. The summed E-state index contributed by atoms with van der Waals surface area (Å²) in [6.07, 6.45) is 0. The van der Waals surface area contributed by atoms with Crippen LogP contribution in [0.4, 0.5) is 4.39 Å². The number of likely N-dealkylation sites (N-methyl/N-ethyl adjacent to an activating group) is 2. The Bertz CT molecular complexity index is 797. The molecular formula is C21H25FN2O3. The molecule has 0 saturated heterocycles. The minimum absolute atomic E-state index is 0.0156. The zero-order valence-electron chi connectivity index (χ0n) is 15.8. The monoisotopic (exact) mass is 372 g/mol. The second-order valence-corrected chi connectivity index (χ2v) is 6.69. The highest BCUT2D eigenvalue weighted by atomic mass is 19.1. The van der Waals surface area contributed by atoms with Crippen LogP contribution in [0.25, 0.3) is 0 Å². The van der Waals surface area contributed by atoms with Crippen LogP contribution < -0.4 is 9.47 Å². The summed E-state index contributed by atoms with van der Waals surface area (Å²) in [7, 11) is 1.91. The molecule has 0 aliphatic carbocycles. The Morgan fingerprint density at radius 2 is 1.78 bits per heavy atom. The van der Waals surface area contributed by atoms with E-state index in [9.17, 15) is 9.18 Å². The third-order valence-electron chi connectivity index (χ3n) is 4.46. The smallest absolute Gasteiger partial charge is 0.237 e. The van der Waals surface area contributed by atoms with Gasteiger partial charge in [-0.1, -0.05) is 18.2 Å². The van der Waals surface area contributed by atoms with Gasteiger partial charge in [0.25, 0.3) is 0 Å². The van der Waals surface area contributed by atoms with E-state index < -0.39 is 0 Å². The molecule has 0 fully saturated rings. The van der Waals surface area contributed by atoms with Crippen LogP contribution in [0.5, 0.6) is 11.5 Å². The van der Waals surface area contributed by atoms with Crippen LogP contribution in [0, 0.1) is 5.82 Å². The fourth-order valence-electron chi connectivity index (χ4n) is 3.12. The van der Waals surface area contributed by atoms with Crippen LogP contribution >= 0.6 is 0 Å². The van der Waals surface area contributed by atoms with Gasteiger partial charge in [0, 0.05) is 19.6 Å². The molecule has 0 spiro atoms. The standard InChI is InChI=1S/C21H25FN2O3/c1-3-24(14-16-5-4-6-18(22)11-16)21(25)15-23(2)13-17-7-8-19-20(12-17)27-10-9-26-19/h4-8,11-12H,3,9-10,13-15H2,1-2H3. The summed E-state index contributed by atoms with van der Waals surface area (Å²) in [5.41, 5.74) is 1.85. The van der Waals surface area contributed by atoms with Crippen LogP contribution in [-0.2, 0) is 17.9 Å². The first kappa shape index (κ1) is 19.2. The van der Waals surface area contributed by atoms with Gasteiger partial charge >= 0.3 is 0 Å². The Labute approximate surface area is 159 Å². The molecule has 0 aromatic heterocycles. The van der Waals surface area contributed by atoms with Crippen molar-refractivity contribution >= 4 is 5.91 Å². The minimum Gasteiger partial charge on any atom is -0.486 e. The van der Waals surface area contributed by atoms with Gasteiger partial charge in [0.1, 0.15) is 19.0 Å². The van der Waals surface area contributed by atoms with E-state index in [1.807, 2.05) is 43.1 Å². The Morgan fingerprint density at radius 1 is 1.04 bits per heavy atom. The maximum Gasteiger partial charge on any atom is 0.237 e. The first-order valence-electron chi connectivity index (χ1n) is 9.14. The normalized spacial score (nSPS) is 12.9. The highest BCUT2D eigenvalue weighted by Gasteiger charge is 2.16. The van der Waals surface area contributed by atoms with Crippen LogP contribution in [0.3, 0.4) is 0 Å². The van der Waals surface area contributed by atoms with Crippen molar-refractivity contribution in [2.24, 2.45) is 0 Å². The summed E-state index contributed by atoms with van der Waals surface area (Å²) in [6, 6.07) is 12.2. The molecular weight excluding hydrogens is 347 g/mol. The number of carbonyl (C=O) groups is 1. The summed E-state index contributed by atoms with van der Waals surface area (Å²) in [4.78, 5) is 16.3. The van der Waals surface area contributed by atoms with Crippen molar-refractivity contribution < 1.29 is 18.7 Å². The summed E-state index contributed by atoms with van der Waals surface area (Å²) in [6.45, 7) is 4.95. The molecule has 0 unspecified atom stereocenters. The Hall–Kier alpha value is -2.60. The Kier molecular flexibility index (Phi) is 6.29. The third kappa shape index (κ3) is 5.20. The molecule has 144 valence electrons. The Balaban J connectivity index is 1.57. The molecule has 1 aliphatic rings. The van der Waals surface area contributed by atoms with Crippen LogP contribution in [0.1, 0.15) is 18.1 Å². The first-order chi connectivity index (χ1) is 13.0. The quantitative estimate of drug-likeness (QED) is 0.749. The van der Waals surface area contributed by atoms with Gasteiger partial charge < -0.3 is 14.4 Å². The van der Waals surface area contributed by atoms with E-state index >= 15 is 0 Å². The van der Waals surface area contributed by atoms with E-state index in [0.717, 1.165) is 22.6 Å². The van der Waals surface area contributed by atoms with Gasteiger partial charge in [0.05, 0.1) is 6.54 Å². The van der Waals surface area contributed by atoms with Crippen molar-refractivity contribution in [1.29, 1.82) is 0 Å². The van der Waals surface area contributed by atoms with Crippen LogP contribution in [0.15, 0.2) is 42.5 Å². The number of benzene rings is 2. The molecule has 0 atom stereocenters. The molecule has 0 N–H and O–H groups in total. The van der Waals surface area contributed by atoms with E-state index in [1.165, 1.54) is 12.1 Å². The van der Waals surface area contributed by atoms with Gasteiger partial charge in [-0.3, -0.25) is 9.69 Å². The minimum atomic E-state index is -0.285. The number of nitrogens with zero attached hydrogens (tertiary/aromatic N) is 2. The molecule has 0 radical (unpaired) electrons. The lowest BCUT2D eigenvalue weighted by atomic mass is 10.2. The predicted octanol–water partition coefficient (Wildman–Crippen LogP) is 3.08. The highest BCUT2D eigenvalue weighted by Crippen LogP contribution is 2.31. The van der Waals surface area contributed by atoms with Gasteiger partial charge in [-0.2, -0.15) is 0 Å². The number of amides is 1. The average molecular weight is 372 g/mol. The largest absolute Gasteiger partial charge is 0.486 e. The molecule has 1 heterocycles. The lowest BCUT2D eigenvalue weighted by Crippen LogP contribution is -2.38. The van der Waals surface area contributed by atoms with E-state index in [4.69, 9.17) is 9.47 Å². The molecule has 0 saturated carbocycles. The SMILES string of the molecule is CCN(Cc1cccc(F)c1)C(=O)CN(C)Cc1ccc2c(c1)OCCO2. The van der Waals surface area contributed by atoms with E-state index in [-0.39, 0.29) is 18.3 Å². The topological polar surface area (TPSA) is 42.0 Å². The van der Waals surface area contributed by atoms with Crippen LogP contribution in [0.2, 0.25) is 0 Å². The summed E-state index contributed by atoms with van der Waals surface area (Å²) in [5, 5.41) is 0. The highest BCUT2D eigenvalue weighted by molar-refractivity contribution is 5.78. The van der Waals surface area contributed by atoms with Gasteiger partial charge in [0.15, 0.2) is 11.5 Å². The number of hydrogen-bond donors (Lipinski definition) is 0. The number of hydrogen-bond acceptors (Lipinski definition) is 4. The number of carbonyl (C=O) groups excluding carboxylic acids is 1. The fourth-order valence-corrected chi connectivity index (χ4v) is 3.12. The number of rotatable bonds is 7. The molecule has 27 heavy (non-hydrogen) atoms. The van der Waals surface area contributed by atoms with Gasteiger partial charge in [-0.15, -0.1) is 0 Å². The fraction of sp³-hybridized carbons (Fsp3) is 0.381. The zero-order chi connectivity index (χ0) is 19.2. The second-order valence-electron chi connectivity index (χ2n) is 6.69.